The second-order valence-corrected chi connectivity index (χ2v) is 4.90. The number of furan rings is 1. The highest BCUT2D eigenvalue weighted by atomic mass is 32.1. The first-order chi connectivity index (χ1) is 8.24. The molecule has 4 nitrogen and oxygen atoms in total. The van der Waals surface area contributed by atoms with E-state index >= 15 is 0 Å². The highest BCUT2D eigenvalue weighted by molar-refractivity contribution is 7.09. The summed E-state index contributed by atoms with van der Waals surface area (Å²) in [4.78, 5) is 4.46. The molecule has 1 atom stereocenters. The summed E-state index contributed by atoms with van der Waals surface area (Å²) in [7, 11) is 0. The van der Waals surface area contributed by atoms with Crippen LogP contribution in [0.3, 0.4) is 0 Å². The Hall–Kier alpha value is -1.17. The first-order valence-corrected chi connectivity index (χ1v) is 6.56. The lowest BCUT2D eigenvalue weighted by Gasteiger charge is -2.14. The van der Waals surface area contributed by atoms with Crippen molar-refractivity contribution in [3.8, 4) is 0 Å². The van der Waals surface area contributed by atoms with E-state index in [2.05, 4.69) is 22.7 Å². The Kier molecular flexibility index (Phi) is 3.93. The lowest BCUT2D eigenvalue weighted by molar-refractivity contribution is 0.487. The van der Waals surface area contributed by atoms with Gasteiger partial charge in [0.05, 0.1) is 17.3 Å². The minimum atomic E-state index is 0.0641. The molecule has 2 aromatic heterocycles. The van der Waals surface area contributed by atoms with E-state index in [1.165, 1.54) is 0 Å². The number of hydrazine groups is 1. The van der Waals surface area contributed by atoms with E-state index in [9.17, 15) is 0 Å². The highest BCUT2D eigenvalue weighted by Gasteiger charge is 2.17. The Balaban J connectivity index is 2.16. The summed E-state index contributed by atoms with van der Waals surface area (Å²) in [5, 5.41) is 3.15. The normalized spacial score (nSPS) is 12.9. The zero-order valence-corrected chi connectivity index (χ0v) is 10.9. The molecular weight excluding hydrogens is 234 g/mol. The first kappa shape index (κ1) is 12.3. The van der Waals surface area contributed by atoms with Gasteiger partial charge in [0.15, 0.2) is 0 Å². The van der Waals surface area contributed by atoms with Crippen LogP contribution in [-0.2, 0) is 12.8 Å². The van der Waals surface area contributed by atoms with Crippen LogP contribution in [-0.4, -0.2) is 4.98 Å². The summed E-state index contributed by atoms with van der Waals surface area (Å²) in [6.07, 6.45) is 3.38. The second kappa shape index (κ2) is 5.44. The molecule has 2 aromatic rings. The fourth-order valence-corrected chi connectivity index (χ4v) is 2.70. The van der Waals surface area contributed by atoms with Crippen molar-refractivity contribution in [3.63, 3.8) is 0 Å². The van der Waals surface area contributed by atoms with Crippen LogP contribution in [0.25, 0.3) is 0 Å². The molecule has 0 radical (unpaired) electrons. The third kappa shape index (κ3) is 2.74. The molecule has 0 saturated carbocycles. The van der Waals surface area contributed by atoms with Crippen molar-refractivity contribution in [3.05, 3.63) is 39.7 Å². The maximum absolute atomic E-state index is 5.63. The average Bonchev–Trinajstić information content (AvgIpc) is 2.94. The monoisotopic (exact) mass is 251 g/mol. The number of nitrogens with zero attached hydrogens (tertiary/aromatic N) is 1. The van der Waals surface area contributed by atoms with Gasteiger partial charge >= 0.3 is 0 Å². The fraction of sp³-hybridized carbons (Fsp3) is 0.417. The molecule has 0 aliphatic rings. The van der Waals surface area contributed by atoms with Gasteiger partial charge in [-0.2, -0.15) is 0 Å². The first-order valence-electron chi connectivity index (χ1n) is 5.68. The van der Waals surface area contributed by atoms with E-state index in [0.29, 0.717) is 0 Å². The standard InChI is InChI=1S/C12H17N3OS/c1-3-11-9(4-5-16-11)10(15-13)6-12-14-8(2)7-17-12/h4-5,7,10,15H,3,6,13H2,1-2H3. The van der Waals surface area contributed by atoms with E-state index in [1.807, 2.05) is 13.0 Å². The van der Waals surface area contributed by atoms with Crippen molar-refractivity contribution in [1.82, 2.24) is 10.4 Å². The minimum Gasteiger partial charge on any atom is -0.469 e. The molecule has 92 valence electrons. The number of aryl methyl sites for hydroxylation is 2. The van der Waals surface area contributed by atoms with Crippen molar-refractivity contribution >= 4 is 11.3 Å². The zero-order chi connectivity index (χ0) is 12.3. The Bertz CT molecular complexity index is 478. The molecule has 0 amide bonds. The second-order valence-electron chi connectivity index (χ2n) is 3.96. The molecule has 0 saturated heterocycles. The summed E-state index contributed by atoms with van der Waals surface area (Å²) in [6, 6.07) is 2.04. The average molecular weight is 251 g/mol. The number of hydrogen-bond donors (Lipinski definition) is 2. The maximum Gasteiger partial charge on any atom is 0.108 e. The Labute approximate surface area is 105 Å². The number of nitrogens with two attached hydrogens (primary N) is 1. The topological polar surface area (TPSA) is 64.1 Å². The molecule has 0 bridgehead atoms. The summed E-state index contributed by atoms with van der Waals surface area (Å²) in [5.74, 6) is 6.61. The van der Waals surface area contributed by atoms with Crippen LogP contribution in [0.1, 0.15) is 35.0 Å². The number of aromatic nitrogens is 1. The summed E-state index contributed by atoms with van der Waals surface area (Å²) >= 11 is 1.67. The Morgan fingerprint density at radius 3 is 3.00 bits per heavy atom. The van der Waals surface area contributed by atoms with Crippen molar-refractivity contribution < 1.29 is 4.42 Å². The van der Waals surface area contributed by atoms with Gasteiger partial charge in [0.1, 0.15) is 5.76 Å². The van der Waals surface area contributed by atoms with Gasteiger partial charge in [-0.15, -0.1) is 11.3 Å². The summed E-state index contributed by atoms with van der Waals surface area (Å²) in [6.45, 7) is 4.07. The zero-order valence-electron chi connectivity index (χ0n) is 10.1. The maximum atomic E-state index is 5.63. The van der Waals surface area contributed by atoms with E-state index in [4.69, 9.17) is 10.3 Å². The van der Waals surface area contributed by atoms with E-state index in [0.717, 1.165) is 34.9 Å². The highest BCUT2D eigenvalue weighted by Crippen LogP contribution is 2.24. The van der Waals surface area contributed by atoms with Gasteiger partial charge in [-0.1, -0.05) is 6.92 Å². The van der Waals surface area contributed by atoms with Crippen LogP contribution in [0.4, 0.5) is 0 Å². The van der Waals surface area contributed by atoms with Crippen molar-refractivity contribution in [1.29, 1.82) is 0 Å². The molecule has 0 aliphatic heterocycles. The predicted molar refractivity (Wildman–Crippen MR) is 68.7 cm³/mol. The Morgan fingerprint density at radius 2 is 2.41 bits per heavy atom. The van der Waals surface area contributed by atoms with Crippen LogP contribution in [0.2, 0.25) is 0 Å². The van der Waals surface area contributed by atoms with Crippen molar-refractivity contribution in [2.75, 3.05) is 0 Å². The van der Waals surface area contributed by atoms with Gasteiger partial charge in [0.25, 0.3) is 0 Å². The van der Waals surface area contributed by atoms with E-state index in [-0.39, 0.29) is 6.04 Å². The molecule has 1 unspecified atom stereocenters. The molecule has 2 heterocycles. The van der Waals surface area contributed by atoms with Crippen LogP contribution in [0.15, 0.2) is 22.1 Å². The minimum absolute atomic E-state index is 0.0641. The van der Waals surface area contributed by atoms with Gasteiger partial charge < -0.3 is 4.42 Å². The molecule has 0 spiro atoms. The SMILES string of the molecule is CCc1occc1C(Cc1nc(C)cs1)NN. The largest absolute Gasteiger partial charge is 0.469 e. The quantitative estimate of drug-likeness (QED) is 0.632. The van der Waals surface area contributed by atoms with Gasteiger partial charge in [-0.25, -0.2) is 4.98 Å². The number of nitrogens with one attached hydrogen (secondary N) is 1. The molecule has 5 heteroatoms. The summed E-state index contributed by atoms with van der Waals surface area (Å²) < 4.78 is 5.43. The predicted octanol–water partition coefficient (Wildman–Crippen LogP) is 2.35. The molecule has 2 rings (SSSR count). The molecule has 3 N–H and O–H groups in total. The van der Waals surface area contributed by atoms with Crippen LogP contribution < -0.4 is 11.3 Å². The molecule has 17 heavy (non-hydrogen) atoms. The van der Waals surface area contributed by atoms with Crippen LogP contribution in [0.5, 0.6) is 0 Å². The molecule has 0 aromatic carbocycles. The van der Waals surface area contributed by atoms with Crippen LogP contribution >= 0.6 is 11.3 Å². The molecular formula is C12H17N3OS. The smallest absolute Gasteiger partial charge is 0.108 e. The number of thiazole rings is 1. The third-order valence-electron chi connectivity index (χ3n) is 2.72. The van der Waals surface area contributed by atoms with Gasteiger partial charge in [0, 0.05) is 29.5 Å². The lowest BCUT2D eigenvalue weighted by Crippen LogP contribution is -2.29. The van der Waals surface area contributed by atoms with E-state index in [1.54, 1.807) is 17.6 Å². The number of rotatable bonds is 5. The van der Waals surface area contributed by atoms with Gasteiger partial charge in [0.2, 0.25) is 0 Å². The van der Waals surface area contributed by atoms with Gasteiger partial charge in [-0.3, -0.25) is 11.3 Å². The number of hydrogen-bond acceptors (Lipinski definition) is 5. The van der Waals surface area contributed by atoms with Crippen molar-refractivity contribution in [2.24, 2.45) is 5.84 Å². The third-order valence-corrected chi connectivity index (χ3v) is 3.71. The lowest BCUT2D eigenvalue weighted by atomic mass is 10.0. The Morgan fingerprint density at radius 1 is 1.59 bits per heavy atom. The van der Waals surface area contributed by atoms with E-state index < -0.39 is 0 Å². The fourth-order valence-electron chi connectivity index (χ4n) is 1.88. The van der Waals surface area contributed by atoms with Gasteiger partial charge in [-0.05, 0) is 13.0 Å². The molecule has 0 aliphatic carbocycles. The van der Waals surface area contributed by atoms with Crippen molar-refractivity contribution in [2.45, 2.75) is 32.7 Å². The van der Waals surface area contributed by atoms with Crippen LogP contribution in [0, 0.1) is 6.92 Å². The molecule has 0 fully saturated rings. The summed E-state index contributed by atoms with van der Waals surface area (Å²) in [5.41, 5.74) is 5.03.